The molecule has 1 unspecified atom stereocenters. The fraction of sp³-hybridized carbons (Fsp3) is 0.316. The molecule has 0 aliphatic heterocycles. The summed E-state index contributed by atoms with van der Waals surface area (Å²) in [6.07, 6.45) is -4.07. The predicted octanol–water partition coefficient (Wildman–Crippen LogP) is 3.59. The van der Waals surface area contributed by atoms with Crippen molar-refractivity contribution in [1.82, 2.24) is 10.3 Å². The number of aryl methyl sites for hydroxylation is 1. The molecule has 1 atom stereocenters. The fourth-order valence-corrected chi connectivity index (χ4v) is 2.51. The van der Waals surface area contributed by atoms with Crippen molar-refractivity contribution in [2.75, 3.05) is 0 Å². The molecule has 5 nitrogen and oxygen atoms in total. The summed E-state index contributed by atoms with van der Waals surface area (Å²) in [6.45, 7) is 1.29. The van der Waals surface area contributed by atoms with Gasteiger partial charge in [0.2, 0.25) is 6.10 Å². The summed E-state index contributed by atoms with van der Waals surface area (Å²) < 4.78 is 43.5. The molecule has 1 aliphatic carbocycles. The molecule has 2 aromatic rings. The Bertz CT molecular complexity index is 849. The molecule has 1 heterocycles. The Labute approximate surface area is 153 Å². The summed E-state index contributed by atoms with van der Waals surface area (Å²) in [7, 11) is 0. The molecule has 1 saturated carbocycles. The van der Waals surface area contributed by atoms with Crippen LogP contribution in [0.5, 0.6) is 0 Å². The van der Waals surface area contributed by atoms with Crippen LogP contribution in [-0.2, 0) is 15.7 Å². The summed E-state index contributed by atoms with van der Waals surface area (Å²) in [5.74, 6) is -1.37. The van der Waals surface area contributed by atoms with E-state index >= 15 is 0 Å². The molecule has 0 bridgehead atoms. The van der Waals surface area contributed by atoms with Gasteiger partial charge in [0.1, 0.15) is 5.69 Å². The Morgan fingerprint density at radius 1 is 1.15 bits per heavy atom. The molecule has 27 heavy (non-hydrogen) atoms. The van der Waals surface area contributed by atoms with Gasteiger partial charge in [0, 0.05) is 11.6 Å². The maximum atomic E-state index is 12.7. The first-order valence-corrected chi connectivity index (χ1v) is 8.37. The number of halogens is 3. The smallest absolute Gasteiger partial charge is 0.433 e. The second-order valence-corrected chi connectivity index (χ2v) is 6.31. The maximum absolute atomic E-state index is 12.7. The summed E-state index contributed by atoms with van der Waals surface area (Å²) in [5.41, 5.74) is -0.864. The SMILES string of the molecule is Cc1nc(C(F)(F)F)ccc1C(=O)OC(C(=O)NC1CC1)c1ccccc1. The molecule has 1 amide bonds. The number of carbonyl (C=O) groups excluding carboxylic acids is 2. The lowest BCUT2D eigenvalue weighted by molar-refractivity contribution is -0.141. The van der Waals surface area contributed by atoms with E-state index in [2.05, 4.69) is 10.3 Å². The molecule has 1 N–H and O–H groups in total. The molecule has 1 aromatic heterocycles. The van der Waals surface area contributed by atoms with Crippen molar-refractivity contribution < 1.29 is 27.5 Å². The topological polar surface area (TPSA) is 68.3 Å². The van der Waals surface area contributed by atoms with Crippen LogP contribution in [0.4, 0.5) is 13.2 Å². The molecule has 0 radical (unpaired) electrons. The van der Waals surface area contributed by atoms with Crippen LogP contribution in [0.2, 0.25) is 0 Å². The Morgan fingerprint density at radius 3 is 2.37 bits per heavy atom. The minimum absolute atomic E-state index is 0.0666. The van der Waals surface area contributed by atoms with Gasteiger partial charge in [-0.15, -0.1) is 0 Å². The van der Waals surface area contributed by atoms with Crippen LogP contribution in [0.25, 0.3) is 0 Å². The van der Waals surface area contributed by atoms with Gasteiger partial charge in [-0.1, -0.05) is 30.3 Å². The van der Waals surface area contributed by atoms with Gasteiger partial charge in [-0.25, -0.2) is 9.78 Å². The maximum Gasteiger partial charge on any atom is 0.433 e. The molecular weight excluding hydrogens is 361 g/mol. The van der Waals surface area contributed by atoms with Gasteiger partial charge in [0.15, 0.2) is 0 Å². The van der Waals surface area contributed by atoms with Crippen LogP contribution in [0.1, 0.15) is 46.3 Å². The lowest BCUT2D eigenvalue weighted by Crippen LogP contribution is -2.33. The van der Waals surface area contributed by atoms with E-state index in [1.165, 1.54) is 6.92 Å². The van der Waals surface area contributed by atoms with Crippen LogP contribution in [0.3, 0.4) is 0 Å². The molecule has 0 saturated heterocycles. The number of nitrogens with zero attached hydrogens (tertiary/aromatic N) is 1. The number of hydrogen-bond acceptors (Lipinski definition) is 4. The van der Waals surface area contributed by atoms with Gasteiger partial charge in [0.05, 0.1) is 11.3 Å². The molecular formula is C19H17F3N2O3. The van der Waals surface area contributed by atoms with Crippen LogP contribution >= 0.6 is 0 Å². The highest BCUT2D eigenvalue weighted by molar-refractivity contribution is 5.93. The van der Waals surface area contributed by atoms with Crippen molar-refractivity contribution >= 4 is 11.9 Å². The van der Waals surface area contributed by atoms with Gasteiger partial charge in [0.25, 0.3) is 5.91 Å². The van der Waals surface area contributed by atoms with E-state index in [0.29, 0.717) is 11.6 Å². The minimum atomic E-state index is -4.61. The zero-order valence-corrected chi connectivity index (χ0v) is 14.4. The van der Waals surface area contributed by atoms with Gasteiger partial charge >= 0.3 is 12.1 Å². The number of pyridine rings is 1. The van der Waals surface area contributed by atoms with Crippen molar-refractivity contribution in [3.05, 3.63) is 65.0 Å². The summed E-state index contributed by atoms with van der Waals surface area (Å²) in [5, 5.41) is 2.77. The minimum Gasteiger partial charge on any atom is -0.444 e. The van der Waals surface area contributed by atoms with E-state index in [1.807, 2.05) is 0 Å². The number of alkyl halides is 3. The number of amides is 1. The number of rotatable bonds is 5. The zero-order chi connectivity index (χ0) is 19.6. The van der Waals surface area contributed by atoms with E-state index in [-0.39, 0.29) is 17.3 Å². The summed E-state index contributed by atoms with van der Waals surface area (Å²) in [6, 6.07) is 10.2. The zero-order valence-electron chi connectivity index (χ0n) is 14.4. The molecule has 142 valence electrons. The Morgan fingerprint density at radius 2 is 1.81 bits per heavy atom. The van der Waals surface area contributed by atoms with Crippen molar-refractivity contribution in [1.29, 1.82) is 0 Å². The first-order valence-electron chi connectivity index (χ1n) is 8.37. The van der Waals surface area contributed by atoms with E-state index in [1.54, 1.807) is 30.3 Å². The third-order valence-corrected chi connectivity index (χ3v) is 4.09. The number of benzene rings is 1. The normalized spacial score (nSPS) is 15.1. The second-order valence-electron chi connectivity index (χ2n) is 6.31. The molecule has 1 aromatic carbocycles. The van der Waals surface area contributed by atoms with Crippen LogP contribution in [0, 0.1) is 6.92 Å². The first-order chi connectivity index (χ1) is 12.8. The third kappa shape index (κ3) is 4.64. The third-order valence-electron chi connectivity index (χ3n) is 4.09. The van der Waals surface area contributed by atoms with Gasteiger partial charge in [-0.2, -0.15) is 13.2 Å². The molecule has 3 rings (SSSR count). The van der Waals surface area contributed by atoms with Crippen molar-refractivity contribution in [3.63, 3.8) is 0 Å². The Hall–Kier alpha value is -2.90. The average molecular weight is 378 g/mol. The van der Waals surface area contributed by atoms with Gasteiger partial charge < -0.3 is 10.1 Å². The quantitative estimate of drug-likeness (QED) is 0.808. The molecule has 8 heteroatoms. The summed E-state index contributed by atoms with van der Waals surface area (Å²) >= 11 is 0. The Kier molecular flexibility index (Phi) is 5.16. The number of nitrogens with one attached hydrogen (secondary N) is 1. The van der Waals surface area contributed by atoms with E-state index < -0.39 is 29.9 Å². The van der Waals surface area contributed by atoms with Crippen molar-refractivity contribution in [3.8, 4) is 0 Å². The second kappa shape index (κ2) is 7.38. The number of aromatic nitrogens is 1. The van der Waals surface area contributed by atoms with E-state index in [4.69, 9.17) is 4.74 Å². The van der Waals surface area contributed by atoms with E-state index in [0.717, 1.165) is 18.9 Å². The number of esters is 1. The lowest BCUT2D eigenvalue weighted by atomic mass is 10.1. The highest BCUT2D eigenvalue weighted by Crippen LogP contribution is 2.29. The highest BCUT2D eigenvalue weighted by Gasteiger charge is 2.34. The van der Waals surface area contributed by atoms with Crippen LogP contribution < -0.4 is 5.32 Å². The number of hydrogen-bond donors (Lipinski definition) is 1. The predicted molar refractivity (Wildman–Crippen MR) is 89.7 cm³/mol. The monoisotopic (exact) mass is 378 g/mol. The van der Waals surface area contributed by atoms with Crippen molar-refractivity contribution in [2.45, 2.75) is 38.1 Å². The molecule has 0 spiro atoms. The van der Waals surface area contributed by atoms with Gasteiger partial charge in [-0.3, -0.25) is 4.79 Å². The standard InChI is InChI=1S/C19H17F3N2O3/c1-11-14(9-10-15(23-11)19(20,21)22)18(26)27-16(12-5-3-2-4-6-12)17(25)24-13-7-8-13/h2-6,9-10,13,16H,7-8H2,1H3,(H,24,25). The highest BCUT2D eigenvalue weighted by atomic mass is 19.4. The van der Waals surface area contributed by atoms with Gasteiger partial charge in [-0.05, 0) is 31.9 Å². The largest absolute Gasteiger partial charge is 0.444 e. The van der Waals surface area contributed by atoms with Crippen molar-refractivity contribution in [2.24, 2.45) is 0 Å². The lowest BCUT2D eigenvalue weighted by Gasteiger charge is -2.18. The first kappa shape index (κ1) is 18.9. The number of ether oxygens (including phenoxy) is 1. The molecule has 1 aliphatic rings. The van der Waals surface area contributed by atoms with Crippen LogP contribution in [-0.4, -0.2) is 22.9 Å². The van der Waals surface area contributed by atoms with Crippen LogP contribution in [0.15, 0.2) is 42.5 Å². The molecule has 1 fully saturated rings. The summed E-state index contributed by atoms with van der Waals surface area (Å²) in [4.78, 5) is 28.4. The number of carbonyl (C=O) groups is 2. The Balaban J connectivity index is 1.83. The fourth-order valence-electron chi connectivity index (χ4n) is 2.51. The van der Waals surface area contributed by atoms with E-state index in [9.17, 15) is 22.8 Å². The average Bonchev–Trinajstić information content (AvgIpc) is 3.43.